The molecule has 134 valence electrons. The number of aromatic nitrogens is 3. The number of carbonyl (C=O) groups is 2. The van der Waals surface area contributed by atoms with E-state index in [-0.39, 0.29) is 28.8 Å². The highest BCUT2D eigenvalue weighted by Gasteiger charge is 2.32. The number of aromatic amines is 1. The van der Waals surface area contributed by atoms with Gasteiger partial charge in [0, 0.05) is 32.1 Å². The van der Waals surface area contributed by atoms with Gasteiger partial charge in [0.15, 0.2) is 11.0 Å². The summed E-state index contributed by atoms with van der Waals surface area (Å²) in [5.41, 5.74) is 0.821. The van der Waals surface area contributed by atoms with Gasteiger partial charge < -0.3 is 25.0 Å². The number of hydrogen-bond donors (Lipinski definition) is 3. The number of imidazole rings is 1. The van der Waals surface area contributed by atoms with Gasteiger partial charge in [-0.1, -0.05) is 11.3 Å². The van der Waals surface area contributed by atoms with Crippen LogP contribution in [0.25, 0.3) is 0 Å². The monoisotopic (exact) mass is 365 g/mol. The first-order valence-electron chi connectivity index (χ1n) is 7.77. The lowest BCUT2D eigenvalue weighted by molar-refractivity contribution is 0.0538. The number of rotatable bonds is 5. The van der Waals surface area contributed by atoms with Crippen molar-refractivity contribution in [2.24, 2.45) is 0 Å². The highest BCUT2D eigenvalue weighted by Crippen LogP contribution is 2.26. The van der Waals surface area contributed by atoms with Crippen molar-refractivity contribution in [3.8, 4) is 0 Å². The third kappa shape index (κ3) is 3.80. The lowest BCUT2D eigenvalue weighted by Crippen LogP contribution is -2.55. The molecule has 2 aromatic rings. The van der Waals surface area contributed by atoms with Gasteiger partial charge in [0.2, 0.25) is 0 Å². The van der Waals surface area contributed by atoms with Gasteiger partial charge in [0.1, 0.15) is 4.88 Å². The number of thiazole rings is 1. The van der Waals surface area contributed by atoms with Crippen LogP contribution in [0.4, 0.5) is 5.13 Å². The van der Waals surface area contributed by atoms with E-state index in [1.165, 1.54) is 6.20 Å². The third-order valence-corrected chi connectivity index (χ3v) is 5.12. The maximum absolute atomic E-state index is 12.3. The summed E-state index contributed by atoms with van der Waals surface area (Å²) in [6.45, 7) is 3.00. The Balaban J connectivity index is 1.64. The second-order valence-corrected chi connectivity index (χ2v) is 6.82. The summed E-state index contributed by atoms with van der Waals surface area (Å²) in [4.78, 5) is 36.6. The molecule has 0 saturated carbocycles. The predicted molar refractivity (Wildman–Crippen MR) is 91.3 cm³/mol. The molecular weight excluding hydrogens is 346 g/mol. The molecule has 0 aromatic carbocycles. The highest BCUT2D eigenvalue weighted by atomic mass is 32.1. The molecule has 1 amide bonds. The van der Waals surface area contributed by atoms with Crippen LogP contribution in [-0.4, -0.2) is 64.3 Å². The van der Waals surface area contributed by atoms with Gasteiger partial charge in [-0.3, -0.25) is 4.79 Å². The topological polar surface area (TPSA) is 120 Å². The number of carboxylic acid groups (broad SMARTS) is 1. The molecule has 10 heteroatoms. The quantitative estimate of drug-likeness (QED) is 0.720. The smallest absolute Gasteiger partial charge is 0.347 e. The number of nitrogens with one attached hydrogen (secondary N) is 2. The van der Waals surface area contributed by atoms with E-state index in [9.17, 15) is 9.59 Å². The minimum Gasteiger partial charge on any atom is -0.477 e. The van der Waals surface area contributed by atoms with Crippen molar-refractivity contribution in [3.05, 3.63) is 28.8 Å². The number of aromatic carboxylic acids is 1. The van der Waals surface area contributed by atoms with Crippen LogP contribution in [0.5, 0.6) is 0 Å². The zero-order chi connectivity index (χ0) is 18.0. The third-order valence-electron chi connectivity index (χ3n) is 4.07. The van der Waals surface area contributed by atoms with E-state index in [1.54, 1.807) is 13.3 Å². The first-order chi connectivity index (χ1) is 12.0. The maximum Gasteiger partial charge on any atom is 0.347 e. The number of piperidine rings is 1. The standard InChI is InChI=1S/C15H19N5O4S/c1-8-5-16-12(18-8)13(21)19-9-3-4-20(7-10(9)24-2)15-17-6-11(25-15)14(22)23/h5-6,9-10H,3-4,7H2,1-2H3,(H,16,18)(H,19,21)(H,22,23)/t9-,10+/m1/s1. The number of hydrogen-bond acceptors (Lipinski definition) is 7. The van der Waals surface area contributed by atoms with Crippen molar-refractivity contribution in [2.75, 3.05) is 25.1 Å². The zero-order valence-corrected chi connectivity index (χ0v) is 14.7. The average Bonchev–Trinajstić information content (AvgIpc) is 3.24. The van der Waals surface area contributed by atoms with E-state index in [2.05, 4.69) is 20.3 Å². The van der Waals surface area contributed by atoms with Gasteiger partial charge in [-0.25, -0.2) is 14.8 Å². The summed E-state index contributed by atoms with van der Waals surface area (Å²) in [5.74, 6) is -0.972. The van der Waals surface area contributed by atoms with Gasteiger partial charge >= 0.3 is 5.97 Å². The van der Waals surface area contributed by atoms with Gasteiger partial charge in [-0.15, -0.1) is 0 Å². The molecule has 0 radical (unpaired) electrons. The molecule has 2 aromatic heterocycles. The lowest BCUT2D eigenvalue weighted by Gasteiger charge is -2.37. The minimum atomic E-state index is -0.983. The molecule has 2 atom stereocenters. The van der Waals surface area contributed by atoms with E-state index in [1.807, 2.05) is 11.8 Å². The number of H-pyrrole nitrogens is 1. The normalized spacial score (nSPS) is 20.5. The fraction of sp³-hybridized carbons (Fsp3) is 0.467. The summed E-state index contributed by atoms with van der Waals surface area (Å²) in [6, 6.07) is -0.155. The molecule has 1 aliphatic rings. The number of amides is 1. The van der Waals surface area contributed by atoms with E-state index < -0.39 is 5.97 Å². The van der Waals surface area contributed by atoms with Crippen LogP contribution in [-0.2, 0) is 4.74 Å². The Hall–Kier alpha value is -2.46. The highest BCUT2D eigenvalue weighted by molar-refractivity contribution is 7.17. The number of aryl methyl sites for hydroxylation is 1. The van der Waals surface area contributed by atoms with Crippen molar-refractivity contribution >= 4 is 28.3 Å². The van der Waals surface area contributed by atoms with Crippen LogP contribution in [0.2, 0.25) is 0 Å². The van der Waals surface area contributed by atoms with E-state index in [0.717, 1.165) is 17.0 Å². The molecule has 3 heterocycles. The first kappa shape index (κ1) is 17.4. The molecule has 0 aliphatic carbocycles. The van der Waals surface area contributed by atoms with E-state index in [0.29, 0.717) is 24.6 Å². The molecule has 3 N–H and O–H groups in total. The number of methoxy groups -OCH3 is 1. The number of carboxylic acids is 1. The summed E-state index contributed by atoms with van der Waals surface area (Å²) in [6.07, 6.45) is 3.39. The predicted octanol–water partition coefficient (Wildman–Crippen LogP) is 0.897. The number of anilines is 1. The van der Waals surface area contributed by atoms with Gasteiger partial charge in [0.25, 0.3) is 5.91 Å². The molecule has 1 aliphatic heterocycles. The number of carbonyl (C=O) groups excluding carboxylic acids is 1. The summed E-state index contributed by atoms with van der Waals surface area (Å²) < 4.78 is 5.53. The Morgan fingerprint density at radius 1 is 1.44 bits per heavy atom. The number of nitrogens with zero attached hydrogens (tertiary/aromatic N) is 3. The van der Waals surface area contributed by atoms with Gasteiger partial charge in [-0.2, -0.15) is 0 Å². The van der Waals surface area contributed by atoms with Crippen LogP contribution < -0.4 is 10.2 Å². The Morgan fingerprint density at radius 3 is 2.84 bits per heavy atom. The van der Waals surface area contributed by atoms with E-state index in [4.69, 9.17) is 9.84 Å². The van der Waals surface area contributed by atoms with Crippen LogP contribution in [0.3, 0.4) is 0 Å². The van der Waals surface area contributed by atoms with Crippen molar-refractivity contribution < 1.29 is 19.4 Å². The Morgan fingerprint density at radius 2 is 2.24 bits per heavy atom. The van der Waals surface area contributed by atoms with Crippen molar-refractivity contribution in [2.45, 2.75) is 25.5 Å². The molecule has 3 rings (SSSR count). The molecule has 0 spiro atoms. The van der Waals surface area contributed by atoms with E-state index >= 15 is 0 Å². The minimum absolute atomic E-state index is 0.155. The molecule has 0 bridgehead atoms. The lowest BCUT2D eigenvalue weighted by atomic mass is 10.0. The zero-order valence-electron chi connectivity index (χ0n) is 13.9. The van der Waals surface area contributed by atoms with Crippen molar-refractivity contribution in [1.82, 2.24) is 20.3 Å². The van der Waals surface area contributed by atoms with Crippen LogP contribution in [0, 0.1) is 6.92 Å². The van der Waals surface area contributed by atoms with Crippen molar-refractivity contribution in [1.29, 1.82) is 0 Å². The first-order valence-corrected chi connectivity index (χ1v) is 8.59. The molecule has 0 unspecified atom stereocenters. The van der Waals surface area contributed by atoms with Gasteiger partial charge in [-0.05, 0) is 13.3 Å². The Bertz CT molecular complexity index is 774. The second kappa shape index (κ2) is 7.19. The molecule has 1 fully saturated rings. The molecule has 1 saturated heterocycles. The second-order valence-electron chi connectivity index (χ2n) is 5.82. The van der Waals surface area contributed by atoms with Crippen LogP contribution >= 0.6 is 11.3 Å². The van der Waals surface area contributed by atoms with Gasteiger partial charge in [0.05, 0.1) is 18.3 Å². The fourth-order valence-corrected chi connectivity index (χ4v) is 3.56. The Kier molecular flexibility index (Phi) is 5.00. The summed E-state index contributed by atoms with van der Waals surface area (Å²) >= 11 is 1.13. The number of ether oxygens (including phenoxy) is 1. The van der Waals surface area contributed by atoms with Crippen LogP contribution in [0.15, 0.2) is 12.4 Å². The maximum atomic E-state index is 12.3. The summed E-state index contributed by atoms with van der Waals surface area (Å²) in [7, 11) is 1.59. The van der Waals surface area contributed by atoms with Crippen molar-refractivity contribution in [3.63, 3.8) is 0 Å². The Labute approximate surface area is 148 Å². The molecule has 9 nitrogen and oxygen atoms in total. The largest absolute Gasteiger partial charge is 0.477 e. The summed E-state index contributed by atoms with van der Waals surface area (Å²) in [5, 5.41) is 12.6. The molecular formula is C15H19N5O4S. The SMILES string of the molecule is CO[C@H]1CN(c2ncc(C(=O)O)s2)CC[C@H]1NC(=O)c1ncc(C)[nH]1. The molecule has 25 heavy (non-hydrogen) atoms. The average molecular weight is 365 g/mol. The van der Waals surface area contributed by atoms with Crippen LogP contribution in [0.1, 0.15) is 32.4 Å². The fourth-order valence-electron chi connectivity index (χ4n) is 2.77.